The van der Waals surface area contributed by atoms with Crippen LogP contribution >= 0.6 is 0 Å². The molecule has 10 nitrogen and oxygen atoms in total. The Labute approximate surface area is 253 Å². The summed E-state index contributed by atoms with van der Waals surface area (Å²) in [6, 6.07) is 12.2. The Morgan fingerprint density at radius 3 is 2.63 bits per heavy atom. The van der Waals surface area contributed by atoms with Crippen molar-refractivity contribution in [1.82, 2.24) is 19.8 Å². The molecule has 1 amide bonds. The normalized spacial score (nSPS) is 21.1. The van der Waals surface area contributed by atoms with Gasteiger partial charge in [0.2, 0.25) is 5.91 Å². The second-order valence-electron chi connectivity index (χ2n) is 11.8. The van der Waals surface area contributed by atoms with Crippen LogP contribution in [0.5, 0.6) is 11.8 Å². The Morgan fingerprint density at radius 2 is 1.86 bits per heavy atom. The largest absolute Gasteiger partial charge is 0.508 e. The van der Waals surface area contributed by atoms with Crippen molar-refractivity contribution in [2.24, 2.45) is 0 Å². The zero-order chi connectivity index (χ0) is 29.9. The highest BCUT2D eigenvalue weighted by Gasteiger charge is 2.35. The second-order valence-corrected chi connectivity index (χ2v) is 11.8. The predicted octanol–water partition coefficient (Wildman–Crippen LogP) is 3.61. The monoisotopic (exact) mass is 586 g/mol. The Hall–Kier alpha value is -3.89. The fraction of sp³-hybridized carbons (Fsp3) is 0.485. The van der Waals surface area contributed by atoms with Gasteiger partial charge in [-0.2, -0.15) is 9.97 Å². The first-order valence-electron chi connectivity index (χ1n) is 15.4. The molecule has 1 N–H and O–H groups in total. The third-order valence-electron chi connectivity index (χ3n) is 8.79. The molecule has 2 saturated heterocycles. The number of morpholine rings is 1. The fourth-order valence-electron chi connectivity index (χ4n) is 6.77. The van der Waals surface area contributed by atoms with Crippen molar-refractivity contribution >= 4 is 28.2 Å². The molecule has 10 heteroatoms. The van der Waals surface area contributed by atoms with Gasteiger partial charge in [-0.15, -0.1) is 0 Å². The van der Waals surface area contributed by atoms with Gasteiger partial charge < -0.3 is 29.3 Å². The van der Waals surface area contributed by atoms with Crippen LogP contribution in [0, 0.1) is 0 Å². The van der Waals surface area contributed by atoms with Crippen molar-refractivity contribution in [1.29, 1.82) is 0 Å². The molecule has 3 aromatic rings. The van der Waals surface area contributed by atoms with Crippen molar-refractivity contribution in [3.05, 3.63) is 60.3 Å². The van der Waals surface area contributed by atoms with E-state index in [0.717, 1.165) is 85.8 Å². The number of aromatic nitrogens is 2. The molecular weight excluding hydrogens is 544 g/mol. The number of nitrogens with zero attached hydrogens (tertiary/aromatic N) is 6. The second kappa shape index (κ2) is 12.8. The van der Waals surface area contributed by atoms with Crippen LogP contribution in [0.3, 0.4) is 0 Å². The maximum absolute atomic E-state index is 12.6. The smallest absolute Gasteiger partial charge is 0.318 e. The first-order chi connectivity index (χ1) is 20.9. The van der Waals surface area contributed by atoms with E-state index in [0.29, 0.717) is 32.3 Å². The highest BCUT2D eigenvalue weighted by molar-refractivity contribution is 5.95. The van der Waals surface area contributed by atoms with E-state index in [-0.39, 0.29) is 23.7 Å². The number of amides is 1. The van der Waals surface area contributed by atoms with E-state index in [4.69, 9.17) is 19.4 Å². The molecule has 2 atom stereocenters. The highest BCUT2D eigenvalue weighted by atomic mass is 16.5. The summed E-state index contributed by atoms with van der Waals surface area (Å²) in [7, 11) is 0. The van der Waals surface area contributed by atoms with Crippen LogP contribution in [-0.4, -0.2) is 102 Å². The van der Waals surface area contributed by atoms with Crippen molar-refractivity contribution in [3.63, 3.8) is 0 Å². The van der Waals surface area contributed by atoms with E-state index in [2.05, 4.69) is 41.2 Å². The first-order valence-corrected chi connectivity index (χ1v) is 15.4. The van der Waals surface area contributed by atoms with E-state index in [1.54, 1.807) is 6.07 Å². The number of carbonyl (C=O) groups excluding carboxylic acids is 1. The molecular formula is C33H42N6O4. The quantitative estimate of drug-likeness (QED) is 0.314. The summed E-state index contributed by atoms with van der Waals surface area (Å²) in [5.41, 5.74) is 3.06. The van der Waals surface area contributed by atoms with Gasteiger partial charge in [-0.1, -0.05) is 30.8 Å². The van der Waals surface area contributed by atoms with Gasteiger partial charge in [0.1, 0.15) is 11.6 Å². The first kappa shape index (κ1) is 29.2. The number of aromatic hydroxyl groups is 1. The molecule has 2 aromatic carbocycles. The van der Waals surface area contributed by atoms with Gasteiger partial charge in [0.25, 0.3) is 0 Å². The maximum atomic E-state index is 12.6. The zero-order valence-electron chi connectivity index (χ0n) is 25.2. The molecule has 4 heterocycles. The van der Waals surface area contributed by atoms with Crippen LogP contribution in [0.4, 0.5) is 11.5 Å². The third kappa shape index (κ3) is 6.26. The summed E-state index contributed by atoms with van der Waals surface area (Å²) in [4.78, 5) is 31.4. The lowest BCUT2D eigenvalue weighted by Crippen LogP contribution is -2.58. The highest BCUT2D eigenvalue weighted by Crippen LogP contribution is 2.37. The molecule has 3 aliphatic heterocycles. The number of fused-ring (bicyclic) bond motifs is 2. The molecule has 1 aromatic heterocycles. The van der Waals surface area contributed by atoms with E-state index in [1.807, 2.05) is 29.2 Å². The van der Waals surface area contributed by atoms with Crippen LogP contribution in [0.15, 0.2) is 49.1 Å². The number of carbonyl (C=O) groups is 1. The molecule has 0 aliphatic carbocycles. The number of anilines is 2. The minimum atomic E-state index is -0.0392. The molecule has 3 aliphatic rings. The zero-order valence-corrected chi connectivity index (χ0v) is 25.2. The third-order valence-corrected chi connectivity index (χ3v) is 8.79. The number of phenolic OH excluding ortho intramolecular Hbond substituents is 1. The molecule has 43 heavy (non-hydrogen) atoms. The molecule has 2 fully saturated rings. The van der Waals surface area contributed by atoms with E-state index >= 15 is 0 Å². The summed E-state index contributed by atoms with van der Waals surface area (Å²) in [6.45, 7) is 15.5. The van der Waals surface area contributed by atoms with Crippen molar-refractivity contribution in [3.8, 4) is 11.8 Å². The lowest BCUT2D eigenvalue weighted by Gasteiger charge is -2.45. The van der Waals surface area contributed by atoms with Crippen molar-refractivity contribution in [2.75, 3.05) is 68.9 Å². The van der Waals surface area contributed by atoms with Crippen LogP contribution in [0.2, 0.25) is 0 Å². The average Bonchev–Trinajstić information content (AvgIpc) is 3.02. The minimum absolute atomic E-state index is 0.0107. The lowest BCUT2D eigenvalue weighted by atomic mass is 10.0. The maximum Gasteiger partial charge on any atom is 0.318 e. The molecule has 228 valence electrons. The fourth-order valence-corrected chi connectivity index (χ4v) is 6.77. The number of phenols is 1. The van der Waals surface area contributed by atoms with Gasteiger partial charge in [-0.05, 0) is 44.2 Å². The van der Waals surface area contributed by atoms with Gasteiger partial charge in [0, 0.05) is 74.1 Å². The van der Waals surface area contributed by atoms with Gasteiger partial charge in [0.15, 0.2) is 0 Å². The summed E-state index contributed by atoms with van der Waals surface area (Å²) in [5, 5.41) is 12.6. The van der Waals surface area contributed by atoms with E-state index < -0.39 is 0 Å². The molecule has 0 spiro atoms. The van der Waals surface area contributed by atoms with Gasteiger partial charge in [-0.3, -0.25) is 9.69 Å². The summed E-state index contributed by atoms with van der Waals surface area (Å²) >= 11 is 0. The molecule has 6 rings (SSSR count). The van der Waals surface area contributed by atoms with Gasteiger partial charge >= 0.3 is 6.01 Å². The van der Waals surface area contributed by atoms with Crippen LogP contribution in [0.25, 0.3) is 10.8 Å². The number of hydrogen-bond donors (Lipinski definition) is 1. The number of rotatable bonds is 8. The Morgan fingerprint density at radius 1 is 1.09 bits per heavy atom. The number of piperazine rings is 1. The molecule has 0 saturated carbocycles. The predicted molar refractivity (Wildman–Crippen MR) is 168 cm³/mol. The SMILES string of the molecule is C=CC(=O)N1[C@H](C)CN(c2nc(OCCCN3CCOCC3)nc3c2CCN(c2cc(O)cc4ccccc24)C3)C[C@@H]1C. The average molecular weight is 587 g/mol. The lowest BCUT2D eigenvalue weighted by molar-refractivity contribution is -0.130. The van der Waals surface area contributed by atoms with Gasteiger partial charge in [-0.25, -0.2) is 0 Å². The minimum Gasteiger partial charge on any atom is -0.508 e. The topological polar surface area (TPSA) is 94.5 Å². The summed E-state index contributed by atoms with van der Waals surface area (Å²) in [5.74, 6) is 1.11. The molecule has 0 unspecified atom stereocenters. The van der Waals surface area contributed by atoms with Crippen LogP contribution in [-0.2, 0) is 22.5 Å². The summed E-state index contributed by atoms with van der Waals surface area (Å²) < 4.78 is 11.7. The number of ether oxygens (including phenoxy) is 2. The molecule has 0 bridgehead atoms. The van der Waals surface area contributed by atoms with E-state index in [9.17, 15) is 9.90 Å². The number of hydrogen-bond acceptors (Lipinski definition) is 9. The van der Waals surface area contributed by atoms with Crippen LogP contribution < -0.4 is 14.5 Å². The standard InChI is InChI=1S/C33H42N6O4/c1-4-31(41)39-23(2)20-38(21-24(39)3)32-28-10-12-37(30-19-26(40)18-25-8-5-6-9-27(25)30)22-29(28)34-33(35-32)43-15-7-11-36-13-16-42-17-14-36/h4-6,8-9,18-19,23-24,40H,1,7,10-17,20-22H2,2-3H3/t23-,24+. The van der Waals surface area contributed by atoms with Crippen molar-refractivity contribution in [2.45, 2.75) is 45.3 Å². The molecule has 0 radical (unpaired) electrons. The van der Waals surface area contributed by atoms with Crippen LogP contribution in [0.1, 0.15) is 31.5 Å². The van der Waals surface area contributed by atoms with E-state index in [1.165, 1.54) is 6.08 Å². The van der Waals surface area contributed by atoms with Crippen molar-refractivity contribution < 1.29 is 19.4 Å². The Kier molecular flexibility index (Phi) is 8.67. The summed E-state index contributed by atoms with van der Waals surface area (Å²) in [6.07, 6.45) is 3.05. The Bertz CT molecular complexity index is 1460. The Balaban J connectivity index is 1.28. The number of benzene rings is 2. The van der Waals surface area contributed by atoms with Gasteiger partial charge in [0.05, 0.1) is 32.1 Å².